The lowest BCUT2D eigenvalue weighted by Crippen LogP contribution is -2.34. The predicted molar refractivity (Wildman–Crippen MR) is 61.3 cm³/mol. The Labute approximate surface area is 98.4 Å². The van der Waals surface area contributed by atoms with Crippen LogP contribution < -0.4 is 5.32 Å². The van der Waals surface area contributed by atoms with Crippen LogP contribution in [0.15, 0.2) is 12.3 Å². The third-order valence-electron chi connectivity index (χ3n) is 1.88. The smallest absolute Gasteiger partial charge is 0.313 e. The summed E-state index contributed by atoms with van der Waals surface area (Å²) in [5, 5.41) is 2.85. The van der Waals surface area contributed by atoms with Gasteiger partial charge in [-0.05, 0) is 13.0 Å². The summed E-state index contributed by atoms with van der Waals surface area (Å²) in [7, 11) is 3.00. The number of amides is 2. The van der Waals surface area contributed by atoms with Gasteiger partial charge in [-0.2, -0.15) is 0 Å². The highest BCUT2D eigenvalue weighted by Crippen LogP contribution is 2.17. The molecule has 0 aliphatic carbocycles. The molecular formula is C10H12ClN3O2. The van der Waals surface area contributed by atoms with Crippen LogP contribution in [0.1, 0.15) is 5.69 Å². The van der Waals surface area contributed by atoms with Gasteiger partial charge >= 0.3 is 11.8 Å². The maximum atomic E-state index is 11.4. The molecule has 0 atom stereocenters. The normalized spacial score (nSPS) is 9.75. The lowest BCUT2D eigenvalue weighted by Gasteiger charge is -2.10. The summed E-state index contributed by atoms with van der Waals surface area (Å²) in [6.45, 7) is 1.75. The van der Waals surface area contributed by atoms with Crippen molar-refractivity contribution < 1.29 is 9.59 Å². The van der Waals surface area contributed by atoms with Gasteiger partial charge in [-0.1, -0.05) is 11.6 Å². The maximum Gasteiger partial charge on any atom is 0.313 e. The standard InChI is InChI=1S/C10H12ClN3O2/c1-6-8(11)4-7(5-12-6)13-9(15)10(16)14(2)3/h4-5H,1-3H3,(H,13,15). The number of pyridine rings is 1. The molecule has 0 aliphatic heterocycles. The molecule has 1 aromatic rings. The average molecular weight is 242 g/mol. The van der Waals surface area contributed by atoms with E-state index in [4.69, 9.17) is 11.6 Å². The molecule has 0 unspecified atom stereocenters. The van der Waals surface area contributed by atoms with Crippen molar-refractivity contribution in [1.29, 1.82) is 0 Å². The number of nitrogens with zero attached hydrogens (tertiary/aromatic N) is 2. The third kappa shape index (κ3) is 2.93. The number of aromatic nitrogens is 1. The maximum absolute atomic E-state index is 11.4. The molecule has 16 heavy (non-hydrogen) atoms. The molecule has 1 heterocycles. The van der Waals surface area contributed by atoms with Crippen molar-refractivity contribution in [2.45, 2.75) is 6.92 Å². The lowest BCUT2D eigenvalue weighted by molar-refractivity contribution is -0.141. The first-order chi connectivity index (χ1) is 7.41. The Kier molecular flexibility index (Phi) is 3.84. The second-order valence-electron chi connectivity index (χ2n) is 3.44. The number of nitrogens with one attached hydrogen (secondary N) is 1. The fourth-order valence-electron chi connectivity index (χ4n) is 0.962. The third-order valence-corrected chi connectivity index (χ3v) is 2.27. The van der Waals surface area contributed by atoms with Crippen LogP contribution in [0.5, 0.6) is 0 Å². The summed E-state index contributed by atoms with van der Waals surface area (Å²) >= 11 is 5.83. The molecule has 0 saturated carbocycles. The molecule has 0 aromatic carbocycles. The van der Waals surface area contributed by atoms with Gasteiger partial charge in [0.1, 0.15) is 0 Å². The molecule has 1 N–H and O–H groups in total. The van der Waals surface area contributed by atoms with Crippen molar-refractivity contribution in [1.82, 2.24) is 9.88 Å². The van der Waals surface area contributed by atoms with Gasteiger partial charge < -0.3 is 10.2 Å². The molecule has 5 nitrogen and oxygen atoms in total. The van der Waals surface area contributed by atoms with Crippen molar-refractivity contribution >= 4 is 29.1 Å². The largest absolute Gasteiger partial charge is 0.341 e. The first-order valence-corrected chi connectivity index (χ1v) is 4.94. The molecule has 0 fully saturated rings. The van der Waals surface area contributed by atoms with E-state index in [2.05, 4.69) is 10.3 Å². The minimum absolute atomic E-state index is 0.399. The first kappa shape index (κ1) is 12.4. The molecule has 2 amide bonds. The van der Waals surface area contributed by atoms with Crippen molar-refractivity contribution in [2.75, 3.05) is 19.4 Å². The van der Waals surface area contributed by atoms with Crippen molar-refractivity contribution in [3.05, 3.63) is 23.0 Å². The van der Waals surface area contributed by atoms with Gasteiger partial charge in [-0.15, -0.1) is 0 Å². The number of carbonyl (C=O) groups excluding carboxylic acids is 2. The monoisotopic (exact) mass is 241 g/mol. The quantitative estimate of drug-likeness (QED) is 0.748. The minimum Gasteiger partial charge on any atom is -0.341 e. The molecule has 0 aliphatic rings. The highest BCUT2D eigenvalue weighted by molar-refractivity contribution is 6.39. The molecular weight excluding hydrogens is 230 g/mol. The van der Waals surface area contributed by atoms with Crippen LogP contribution in [0.2, 0.25) is 5.02 Å². The molecule has 6 heteroatoms. The topological polar surface area (TPSA) is 62.3 Å². The molecule has 0 saturated heterocycles. The Balaban J connectivity index is 2.78. The van der Waals surface area contributed by atoms with Crippen LogP contribution >= 0.6 is 11.6 Å². The number of carbonyl (C=O) groups is 2. The molecule has 1 aromatic heterocycles. The number of hydrogen-bond donors (Lipinski definition) is 1. The van der Waals surface area contributed by atoms with E-state index in [0.29, 0.717) is 16.4 Å². The Morgan fingerprint density at radius 2 is 2.06 bits per heavy atom. The second kappa shape index (κ2) is 4.94. The van der Waals surface area contributed by atoms with Crippen molar-refractivity contribution in [3.63, 3.8) is 0 Å². The first-order valence-electron chi connectivity index (χ1n) is 4.56. The number of likely N-dealkylation sites (N-methyl/N-ethyl adjacent to an activating group) is 1. The van der Waals surface area contributed by atoms with Crippen LogP contribution in [0.4, 0.5) is 5.69 Å². The number of halogens is 1. The number of aryl methyl sites for hydroxylation is 1. The number of rotatable bonds is 1. The molecule has 0 radical (unpaired) electrons. The Morgan fingerprint density at radius 1 is 1.44 bits per heavy atom. The minimum atomic E-state index is -0.716. The van der Waals surface area contributed by atoms with Crippen molar-refractivity contribution in [3.8, 4) is 0 Å². The average Bonchev–Trinajstić information content (AvgIpc) is 2.22. The summed E-state index contributed by atoms with van der Waals surface area (Å²) < 4.78 is 0. The van der Waals surface area contributed by atoms with E-state index in [9.17, 15) is 9.59 Å². The predicted octanol–water partition coefficient (Wildman–Crippen LogP) is 1.07. The Bertz CT molecular complexity index is 432. The summed E-state index contributed by atoms with van der Waals surface area (Å²) in [4.78, 5) is 27.8. The van der Waals surface area contributed by atoms with E-state index in [1.165, 1.54) is 25.2 Å². The van der Waals surface area contributed by atoms with E-state index in [1.54, 1.807) is 13.0 Å². The molecule has 86 valence electrons. The Hall–Kier alpha value is -1.62. The fraction of sp³-hybridized carbons (Fsp3) is 0.300. The molecule has 1 rings (SSSR count). The summed E-state index contributed by atoms with van der Waals surface area (Å²) in [5.41, 5.74) is 1.06. The van der Waals surface area contributed by atoms with Gasteiger partial charge in [0.2, 0.25) is 0 Å². The van der Waals surface area contributed by atoms with Gasteiger partial charge in [0.05, 0.1) is 22.6 Å². The summed E-state index contributed by atoms with van der Waals surface area (Å²) in [5.74, 6) is -1.34. The van der Waals surface area contributed by atoms with Crippen LogP contribution in [0.25, 0.3) is 0 Å². The lowest BCUT2D eigenvalue weighted by atomic mass is 10.3. The zero-order valence-corrected chi connectivity index (χ0v) is 10.00. The number of hydrogen-bond acceptors (Lipinski definition) is 3. The van der Waals surface area contributed by atoms with Crippen molar-refractivity contribution in [2.24, 2.45) is 0 Å². The van der Waals surface area contributed by atoms with E-state index in [0.717, 1.165) is 0 Å². The number of anilines is 1. The van der Waals surface area contributed by atoms with Crippen LogP contribution in [-0.2, 0) is 9.59 Å². The summed E-state index contributed by atoms with van der Waals surface area (Å²) in [6.07, 6.45) is 1.45. The van der Waals surface area contributed by atoms with Crippen LogP contribution in [0.3, 0.4) is 0 Å². The Morgan fingerprint density at radius 3 is 2.56 bits per heavy atom. The van der Waals surface area contributed by atoms with E-state index in [1.807, 2.05) is 0 Å². The molecule has 0 spiro atoms. The highest BCUT2D eigenvalue weighted by Gasteiger charge is 2.15. The SMILES string of the molecule is Cc1ncc(NC(=O)C(=O)N(C)C)cc1Cl. The van der Waals surface area contributed by atoms with E-state index < -0.39 is 11.8 Å². The second-order valence-corrected chi connectivity index (χ2v) is 3.85. The van der Waals surface area contributed by atoms with Crippen LogP contribution in [0, 0.1) is 6.92 Å². The van der Waals surface area contributed by atoms with Gasteiger partial charge in [0.15, 0.2) is 0 Å². The van der Waals surface area contributed by atoms with Crippen LogP contribution in [-0.4, -0.2) is 35.8 Å². The zero-order valence-electron chi connectivity index (χ0n) is 9.24. The highest BCUT2D eigenvalue weighted by atomic mass is 35.5. The zero-order chi connectivity index (χ0) is 12.3. The van der Waals surface area contributed by atoms with E-state index >= 15 is 0 Å². The van der Waals surface area contributed by atoms with Gasteiger partial charge in [0.25, 0.3) is 0 Å². The summed E-state index contributed by atoms with van der Waals surface area (Å²) in [6, 6.07) is 1.55. The van der Waals surface area contributed by atoms with E-state index in [-0.39, 0.29) is 0 Å². The van der Waals surface area contributed by atoms with Gasteiger partial charge in [-0.25, -0.2) is 0 Å². The fourth-order valence-corrected chi connectivity index (χ4v) is 1.13. The molecule has 0 bridgehead atoms. The van der Waals surface area contributed by atoms with Gasteiger partial charge in [-0.3, -0.25) is 14.6 Å². The van der Waals surface area contributed by atoms with Gasteiger partial charge in [0, 0.05) is 14.1 Å².